The third-order valence-electron chi connectivity index (χ3n) is 2.99. The summed E-state index contributed by atoms with van der Waals surface area (Å²) in [4.78, 5) is 5.44. The summed E-state index contributed by atoms with van der Waals surface area (Å²) in [5, 5.41) is 4.01. The van der Waals surface area contributed by atoms with E-state index in [1.54, 1.807) is 0 Å². The van der Waals surface area contributed by atoms with E-state index in [1.165, 1.54) is 19.3 Å². The van der Waals surface area contributed by atoms with Crippen molar-refractivity contribution in [2.45, 2.75) is 45.1 Å². The maximum atomic E-state index is 5.44. The Kier molecular flexibility index (Phi) is 1.44. The van der Waals surface area contributed by atoms with Crippen LogP contribution in [0.3, 0.4) is 0 Å². The summed E-state index contributed by atoms with van der Waals surface area (Å²) in [6, 6.07) is 0. The van der Waals surface area contributed by atoms with Gasteiger partial charge in [-0.2, -0.15) is 0 Å². The fraction of sp³-hybridized carbons (Fsp3) is 0.889. The van der Waals surface area contributed by atoms with Gasteiger partial charge in [0.05, 0.1) is 5.71 Å². The number of hydrogen-bond donors (Lipinski definition) is 0. The van der Waals surface area contributed by atoms with Crippen LogP contribution in [0.4, 0.5) is 0 Å². The van der Waals surface area contributed by atoms with E-state index in [0.29, 0.717) is 0 Å². The van der Waals surface area contributed by atoms with Gasteiger partial charge in [-0.15, -0.1) is 0 Å². The molecule has 0 spiro atoms. The number of nitrogens with zero attached hydrogens (tertiary/aromatic N) is 1. The van der Waals surface area contributed by atoms with E-state index in [2.05, 4.69) is 12.1 Å². The Bertz CT molecular complexity index is 196. The molecule has 0 radical (unpaired) electrons. The highest BCUT2D eigenvalue weighted by atomic mass is 16.7. The summed E-state index contributed by atoms with van der Waals surface area (Å²) in [7, 11) is 0. The average molecular weight is 153 g/mol. The molecule has 2 nitrogen and oxygen atoms in total. The van der Waals surface area contributed by atoms with E-state index in [9.17, 15) is 0 Å². The summed E-state index contributed by atoms with van der Waals surface area (Å²) in [5.74, 6) is 0.767. The van der Waals surface area contributed by atoms with Crippen LogP contribution in [0.2, 0.25) is 0 Å². The van der Waals surface area contributed by atoms with Gasteiger partial charge < -0.3 is 4.84 Å². The summed E-state index contributed by atoms with van der Waals surface area (Å²) in [5.41, 5.74) is 1.21. The van der Waals surface area contributed by atoms with Gasteiger partial charge in [0.2, 0.25) is 0 Å². The van der Waals surface area contributed by atoms with Crippen molar-refractivity contribution >= 4 is 5.71 Å². The second-order valence-electron chi connectivity index (χ2n) is 4.04. The lowest BCUT2D eigenvalue weighted by Crippen LogP contribution is -2.38. The lowest BCUT2D eigenvalue weighted by Gasteiger charge is -2.37. The van der Waals surface area contributed by atoms with E-state index in [-0.39, 0.29) is 5.60 Å². The quantitative estimate of drug-likeness (QED) is 0.566. The van der Waals surface area contributed by atoms with Crippen molar-refractivity contribution in [3.63, 3.8) is 0 Å². The number of hydrogen-bond acceptors (Lipinski definition) is 2. The van der Waals surface area contributed by atoms with Crippen molar-refractivity contribution < 1.29 is 4.84 Å². The van der Waals surface area contributed by atoms with Gasteiger partial charge in [-0.3, -0.25) is 0 Å². The molecule has 0 N–H and O–H groups in total. The van der Waals surface area contributed by atoms with Crippen LogP contribution < -0.4 is 0 Å². The minimum absolute atomic E-state index is 0.0579. The minimum atomic E-state index is 0.0579. The first-order valence-electron chi connectivity index (χ1n) is 4.42. The predicted octanol–water partition coefficient (Wildman–Crippen LogP) is 2.34. The second-order valence-corrected chi connectivity index (χ2v) is 4.04. The summed E-state index contributed by atoms with van der Waals surface area (Å²) < 4.78 is 0. The highest BCUT2D eigenvalue weighted by Gasteiger charge is 2.43. The van der Waals surface area contributed by atoms with Crippen LogP contribution in [-0.2, 0) is 4.84 Å². The van der Waals surface area contributed by atoms with E-state index in [1.807, 2.05) is 6.92 Å². The van der Waals surface area contributed by atoms with Crippen LogP contribution >= 0.6 is 0 Å². The molecule has 0 aromatic carbocycles. The summed E-state index contributed by atoms with van der Waals surface area (Å²) in [6.07, 6.45) is 5.08. The van der Waals surface area contributed by atoms with Crippen LogP contribution in [0.25, 0.3) is 0 Å². The van der Waals surface area contributed by atoms with Gasteiger partial charge in [-0.25, -0.2) is 0 Å². The monoisotopic (exact) mass is 153 g/mol. The number of rotatable bonds is 1. The molecule has 1 aliphatic heterocycles. The third-order valence-corrected chi connectivity index (χ3v) is 2.99. The molecule has 2 aliphatic rings. The minimum Gasteiger partial charge on any atom is -0.389 e. The first-order chi connectivity index (χ1) is 5.21. The maximum Gasteiger partial charge on any atom is 0.143 e. The van der Waals surface area contributed by atoms with Gasteiger partial charge in [0.1, 0.15) is 5.60 Å². The van der Waals surface area contributed by atoms with Gasteiger partial charge in [-0.05, 0) is 26.7 Å². The van der Waals surface area contributed by atoms with Gasteiger partial charge in [0.25, 0.3) is 0 Å². The molecule has 1 unspecified atom stereocenters. The normalized spacial score (nSPS) is 37.8. The van der Waals surface area contributed by atoms with Crippen LogP contribution in [-0.4, -0.2) is 11.3 Å². The third kappa shape index (κ3) is 1.05. The molecule has 1 fully saturated rings. The van der Waals surface area contributed by atoms with Crippen LogP contribution in [0, 0.1) is 5.92 Å². The lowest BCUT2D eigenvalue weighted by molar-refractivity contribution is -0.0738. The first kappa shape index (κ1) is 7.14. The molecule has 2 heteroatoms. The number of oxime groups is 1. The smallest absolute Gasteiger partial charge is 0.143 e. The standard InChI is InChI=1S/C9H15NO/c1-7-6-9(2,11-10-7)8-4-3-5-8/h8H,3-6H2,1-2H3. The van der Waals surface area contributed by atoms with E-state index < -0.39 is 0 Å². The van der Waals surface area contributed by atoms with Crippen molar-refractivity contribution in [3.8, 4) is 0 Å². The molecule has 2 rings (SSSR count). The van der Waals surface area contributed by atoms with Crippen molar-refractivity contribution in [2.75, 3.05) is 0 Å². The Balaban J connectivity index is 2.01. The Hall–Kier alpha value is -0.530. The Labute approximate surface area is 67.6 Å². The van der Waals surface area contributed by atoms with Crippen LogP contribution in [0.1, 0.15) is 39.5 Å². The summed E-state index contributed by atoms with van der Waals surface area (Å²) >= 11 is 0. The van der Waals surface area contributed by atoms with E-state index >= 15 is 0 Å². The molecule has 1 atom stereocenters. The average Bonchev–Trinajstić information content (AvgIpc) is 2.06. The predicted molar refractivity (Wildman–Crippen MR) is 44.6 cm³/mol. The Morgan fingerprint density at radius 3 is 2.64 bits per heavy atom. The molecule has 62 valence electrons. The molecule has 0 amide bonds. The van der Waals surface area contributed by atoms with Crippen molar-refractivity contribution in [1.29, 1.82) is 0 Å². The van der Waals surface area contributed by atoms with Crippen LogP contribution in [0.5, 0.6) is 0 Å². The van der Waals surface area contributed by atoms with Crippen LogP contribution in [0.15, 0.2) is 5.16 Å². The molecular formula is C9H15NO. The molecule has 1 aliphatic carbocycles. The fourth-order valence-corrected chi connectivity index (χ4v) is 1.99. The van der Waals surface area contributed by atoms with Gasteiger partial charge >= 0.3 is 0 Å². The van der Waals surface area contributed by atoms with E-state index in [0.717, 1.165) is 18.1 Å². The highest BCUT2D eigenvalue weighted by Crippen LogP contribution is 2.42. The zero-order valence-corrected chi connectivity index (χ0v) is 7.26. The molecule has 1 heterocycles. The van der Waals surface area contributed by atoms with Crippen molar-refractivity contribution in [1.82, 2.24) is 0 Å². The Morgan fingerprint density at radius 2 is 2.27 bits per heavy atom. The summed E-state index contributed by atoms with van der Waals surface area (Å²) in [6.45, 7) is 4.24. The van der Waals surface area contributed by atoms with E-state index in [4.69, 9.17) is 4.84 Å². The van der Waals surface area contributed by atoms with Gasteiger partial charge in [0, 0.05) is 12.3 Å². The molecule has 0 saturated heterocycles. The fourth-order valence-electron chi connectivity index (χ4n) is 1.99. The largest absolute Gasteiger partial charge is 0.389 e. The van der Waals surface area contributed by atoms with Gasteiger partial charge in [0.15, 0.2) is 0 Å². The highest BCUT2D eigenvalue weighted by molar-refractivity contribution is 5.83. The molecule has 0 aromatic rings. The SMILES string of the molecule is CC1=NOC(C)(C2CCC2)C1. The molecule has 0 bridgehead atoms. The molecule has 11 heavy (non-hydrogen) atoms. The lowest BCUT2D eigenvalue weighted by atomic mass is 9.72. The molecular weight excluding hydrogens is 138 g/mol. The molecule has 1 saturated carbocycles. The van der Waals surface area contributed by atoms with Crippen molar-refractivity contribution in [3.05, 3.63) is 0 Å². The first-order valence-corrected chi connectivity index (χ1v) is 4.42. The topological polar surface area (TPSA) is 21.6 Å². The maximum absolute atomic E-state index is 5.44. The molecule has 0 aromatic heterocycles. The zero-order valence-electron chi connectivity index (χ0n) is 7.26. The Morgan fingerprint density at radius 1 is 1.55 bits per heavy atom. The zero-order chi connectivity index (χ0) is 7.90. The van der Waals surface area contributed by atoms with Crippen molar-refractivity contribution in [2.24, 2.45) is 11.1 Å². The van der Waals surface area contributed by atoms with Gasteiger partial charge in [-0.1, -0.05) is 11.6 Å². The second kappa shape index (κ2) is 2.23.